The second-order valence-electron chi connectivity index (χ2n) is 4.96. The fourth-order valence-electron chi connectivity index (χ4n) is 1.83. The van der Waals surface area contributed by atoms with E-state index in [2.05, 4.69) is 11.9 Å². The highest BCUT2D eigenvalue weighted by Crippen LogP contribution is 2.22. The van der Waals surface area contributed by atoms with Crippen molar-refractivity contribution < 1.29 is 9.47 Å². The molecule has 0 fully saturated rings. The zero-order chi connectivity index (χ0) is 14.3. The summed E-state index contributed by atoms with van der Waals surface area (Å²) >= 11 is 0. The van der Waals surface area contributed by atoms with Gasteiger partial charge >= 0.3 is 0 Å². The van der Waals surface area contributed by atoms with Crippen molar-refractivity contribution >= 4 is 5.69 Å². The first-order valence-corrected chi connectivity index (χ1v) is 6.84. The number of hydrogen-bond acceptors (Lipinski definition) is 4. The molecule has 4 nitrogen and oxygen atoms in total. The van der Waals surface area contributed by atoms with E-state index in [9.17, 15) is 0 Å². The first-order valence-electron chi connectivity index (χ1n) is 6.84. The Hall–Kier alpha value is -1.26. The number of benzene rings is 1. The molecule has 1 rings (SSSR count). The predicted octanol–water partition coefficient (Wildman–Crippen LogP) is 2.52. The van der Waals surface area contributed by atoms with Gasteiger partial charge in [0.25, 0.3) is 0 Å². The quantitative estimate of drug-likeness (QED) is 0.735. The lowest BCUT2D eigenvalue weighted by molar-refractivity contribution is 0.0625. The predicted molar refractivity (Wildman–Crippen MR) is 79.4 cm³/mol. The number of hydrogen-bond donors (Lipinski definition) is 1. The number of nitrogen functional groups attached to an aromatic ring is 1. The molecule has 0 saturated carbocycles. The maximum Gasteiger partial charge on any atom is 0.123 e. The lowest BCUT2D eigenvalue weighted by Gasteiger charge is -2.19. The zero-order valence-corrected chi connectivity index (χ0v) is 12.5. The lowest BCUT2D eigenvalue weighted by Crippen LogP contribution is -2.24. The molecule has 0 radical (unpaired) electrons. The summed E-state index contributed by atoms with van der Waals surface area (Å²) in [7, 11) is 2.07. The molecule has 4 heteroatoms. The largest absolute Gasteiger partial charge is 0.494 e. The standard InChI is InChI=1S/C15H26N2O2/c1-5-18-15-7-6-14(16)10-13(15)11-17(4)8-9-19-12(2)3/h6-7,10,12H,5,8-9,11,16H2,1-4H3. The number of anilines is 1. The first-order chi connectivity index (χ1) is 9.02. The Morgan fingerprint density at radius 2 is 2.05 bits per heavy atom. The number of rotatable bonds is 8. The van der Waals surface area contributed by atoms with Crippen LogP contribution in [0.1, 0.15) is 26.3 Å². The molecule has 0 unspecified atom stereocenters. The second-order valence-corrected chi connectivity index (χ2v) is 4.96. The molecule has 0 aliphatic rings. The summed E-state index contributed by atoms with van der Waals surface area (Å²) in [5.74, 6) is 0.910. The van der Waals surface area contributed by atoms with Crippen LogP contribution in [0.2, 0.25) is 0 Å². The molecule has 0 saturated heterocycles. The maximum atomic E-state index is 5.84. The minimum atomic E-state index is 0.278. The Balaban J connectivity index is 2.56. The Morgan fingerprint density at radius 3 is 2.68 bits per heavy atom. The summed E-state index contributed by atoms with van der Waals surface area (Å²) < 4.78 is 11.2. The van der Waals surface area contributed by atoms with Gasteiger partial charge in [-0.1, -0.05) is 0 Å². The molecule has 1 aromatic carbocycles. The summed E-state index contributed by atoms with van der Waals surface area (Å²) in [4.78, 5) is 2.21. The molecule has 0 atom stereocenters. The molecule has 108 valence electrons. The molecule has 0 spiro atoms. The Labute approximate surface area is 116 Å². The highest BCUT2D eigenvalue weighted by Gasteiger charge is 2.07. The fraction of sp³-hybridized carbons (Fsp3) is 0.600. The third-order valence-electron chi connectivity index (χ3n) is 2.75. The van der Waals surface area contributed by atoms with E-state index in [4.69, 9.17) is 15.2 Å². The van der Waals surface area contributed by atoms with Crippen LogP contribution in [0, 0.1) is 0 Å². The van der Waals surface area contributed by atoms with E-state index >= 15 is 0 Å². The number of ether oxygens (including phenoxy) is 2. The van der Waals surface area contributed by atoms with Crippen LogP contribution in [0.3, 0.4) is 0 Å². The van der Waals surface area contributed by atoms with Gasteiger partial charge < -0.3 is 15.2 Å². The monoisotopic (exact) mass is 266 g/mol. The van der Waals surface area contributed by atoms with Gasteiger partial charge in [-0.2, -0.15) is 0 Å². The molecule has 1 aromatic rings. The van der Waals surface area contributed by atoms with E-state index in [1.54, 1.807) is 0 Å². The van der Waals surface area contributed by atoms with Crippen LogP contribution in [-0.4, -0.2) is 37.8 Å². The van der Waals surface area contributed by atoms with Crippen LogP contribution in [0.25, 0.3) is 0 Å². The van der Waals surface area contributed by atoms with Crippen molar-refractivity contribution in [3.63, 3.8) is 0 Å². The molecule has 19 heavy (non-hydrogen) atoms. The van der Waals surface area contributed by atoms with Crippen LogP contribution in [0.4, 0.5) is 5.69 Å². The van der Waals surface area contributed by atoms with Crippen molar-refractivity contribution in [3.05, 3.63) is 23.8 Å². The van der Waals surface area contributed by atoms with Gasteiger partial charge in [0.15, 0.2) is 0 Å². The van der Waals surface area contributed by atoms with Crippen molar-refractivity contribution in [2.24, 2.45) is 0 Å². The van der Waals surface area contributed by atoms with Gasteiger partial charge in [-0.3, -0.25) is 4.90 Å². The summed E-state index contributed by atoms with van der Waals surface area (Å²) in [5.41, 5.74) is 7.73. The minimum Gasteiger partial charge on any atom is -0.494 e. The highest BCUT2D eigenvalue weighted by molar-refractivity contribution is 5.47. The smallest absolute Gasteiger partial charge is 0.123 e. The van der Waals surface area contributed by atoms with Crippen molar-refractivity contribution in [1.82, 2.24) is 4.90 Å². The van der Waals surface area contributed by atoms with E-state index in [0.717, 1.165) is 36.7 Å². The summed E-state index contributed by atoms with van der Waals surface area (Å²) in [6.45, 7) is 9.18. The molecule has 0 bridgehead atoms. The maximum absolute atomic E-state index is 5.84. The van der Waals surface area contributed by atoms with Crippen LogP contribution in [0.5, 0.6) is 5.75 Å². The Kier molecular flexibility index (Phi) is 6.67. The topological polar surface area (TPSA) is 47.7 Å². The van der Waals surface area contributed by atoms with Crippen LogP contribution < -0.4 is 10.5 Å². The third kappa shape index (κ3) is 5.94. The summed E-state index contributed by atoms with van der Waals surface area (Å²) in [6, 6.07) is 5.79. The second kappa shape index (κ2) is 8.02. The van der Waals surface area contributed by atoms with Gasteiger partial charge in [0.1, 0.15) is 5.75 Å². The van der Waals surface area contributed by atoms with Gasteiger partial charge in [0.2, 0.25) is 0 Å². The number of likely N-dealkylation sites (N-methyl/N-ethyl adjacent to an activating group) is 1. The van der Waals surface area contributed by atoms with E-state index in [1.165, 1.54) is 0 Å². The molecular weight excluding hydrogens is 240 g/mol. The van der Waals surface area contributed by atoms with Crippen LogP contribution >= 0.6 is 0 Å². The van der Waals surface area contributed by atoms with E-state index in [-0.39, 0.29) is 6.10 Å². The van der Waals surface area contributed by atoms with Gasteiger partial charge in [0.05, 0.1) is 19.3 Å². The van der Waals surface area contributed by atoms with Crippen molar-refractivity contribution in [3.8, 4) is 5.75 Å². The van der Waals surface area contributed by atoms with Crippen molar-refractivity contribution in [2.75, 3.05) is 32.5 Å². The van der Waals surface area contributed by atoms with E-state index in [0.29, 0.717) is 6.61 Å². The van der Waals surface area contributed by atoms with E-state index in [1.807, 2.05) is 39.0 Å². The number of nitrogens with zero attached hydrogens (tertiary/aromatic N) is 1. The van der Waals surface area contributed by atoms with Crippen LogP contribution in [0.15, 0.2) is 18.2 Å². The molecule has 0 heterocycles. The van der Waals surface area contributed by atoms with Gasteiger partial charge in [-0.05, 0) is 46.0 Å². The average molecular weight is 266 g/mol. The molecule has 0 aromatic heterocycles. The molecule has 0 aliphatic heterocycles. The molecule has 2 N–H and O–H groups in total. The summed E-state index contributed by atoms with van der Waals surface area (Å²) in [5, 5.41) is 0. The minimum absolute atomic E-state index is 0.278. The zero-order valence-electron chi connectivity index (χ0n) is 12.5. The van der Waals surface area contributed by atoms with Gasteiger partial charge in [0, 0.05) is 24.3 Å². The normalized spacial score (nSPS) is 11.3. The first kappa shape index (κ1) is 15.8. The molecular formula is C15H26N2O2. The van der Waals surface area contributed by atoms with Crippen molar-refractivity contribution in [1.29, 1.82) is 0 Å². The van der Waals surface area contributed by atoms with Crippen molar-refractivity contribution in [2.45, 2.75) is 33.4 Å². The number of nitrogens with two attached hydrogens (primary N) is 1. The Bertz CT molecular complexity index is 380. The SMILES string of the molecule is CCOc1ccc(N)cc1CN(C)CCOC(C)C. The van der Waals surface area contributed by atoms with Gasteiger partial charge in [-0.25, -0.2) is 0 Å². The van der Waals surface area contributed by atoms with Crippen LogP contribution in [-0.2, 0) is 11.3 Å². The molecule has 0 aliphatic carbocycles. The molecule has 0 amide bonds. The van der Waals surface area contributed by atoms with E-state index < -0.39 is 0 Å². The third-order valence-corrected chi connectivity index (χ3v) is 2.75. The average Bonchev–Trinajstić information content (AvgIpc) is 2.32. The lowest BCUT2D eigenvalue weighted by atomic mass is 10.1. The highest BCUT2D eigenvalue weighted by atomic mass is 16.5. The van der Waals surface area contributed by atoms with Gasteiger partial charge in [-0.15, -0.1) is 0 Å². The summed E-state index contributed by atoms with van der Waals surface area (Å²) in [6.07, 6.45) is 0.278. The fourth-order valence-corrected chi connectivity index (χ4v) is 1.83. The Morgan fingerprint density at radius 1 is 1.32 bits per heavy atom.